The second-order valence-electron chi connectivity index (χ2n) is 6.94. The molecule has 4 rings (SSSR count). The summed E-state index contributed by atoms with van der Waals surface area (Å²) in [5.41, 5.74) is 1.10. The molecule has 1 amide bonds. The van der Waals surface area contributed by atoms with E-state index in [0.29, 0.717) is 24.4 Å². The first-order chi connectivity index (χ1) is 12.1. The summed E-state index contributed by atoms with van der Waals surface area (Å²) < 4.78 is 5.85. The van der Waals surface area contributed by atoms with Crippen LogP contribution in [0.1, 0.15) is 36.0 Å². The molecule has 1 aliphatic heterocycles. The Morgan fingerprint density at radius 3 is 3.00 bits per heavy atom. The lowest BCUT2D eigenvalue weighted by molar-refractivity contribution is -0.0824. The van der Waals surface area contributed by atoms with Gasteiger partial charge in [-0.15, -0.1) is 0 Å². The van der Waals surface area contributed by atoms with Crippen molar-refractivity contribution in [3.63, 3.8) is 0 Å². The van der Waals surface area contributed by atoms with Gasteiger partial charge in [0.25, 0.3) is 5.91 Å². The summed E-state index contributed by atoms with van der Waals surface area (Å²) >= 11 is 0. The fourth-order valence-corrected chi connectivity index (χ4v) is 4.36. The molecule has 2 heterocycles. The predicted molar refractivity (Wildman–Crippen MR) is 93.1 cm³/mol. The van der Waals surface area contributed by atoms with Crippen molar-refractivity contribution in [1.82, 2.24) is 14.9 Å². The summed E-state index contributed by atoms with van der Waals surface area (Å²) in [6.07, 6.45) is 5.97. The molecule has 2 fully saturated rings. The highest BCUT2D eigenvalue weighted by molar-refractivity contribution is 6.00. The van der Waals surface area contributed by atoms with Gasteiger partial charge in [-0.2, -0.15) is 0 Å². The molecular formula is C19H23N3O3. The lowest BCUT2D eigenvalue weighted by Gasteiger charge is -2.42. The van der Waals surface area contributed by atoms with Crippen LogP contribution < -0.4 is 0 Å². The van der Waals surface area contributed by atoms with Gasteiger partial charge in [0.15, 0.2) is 0 Å². The van der Waals surface area contributed by atoms with Gasteiger partial charge in [-0.25, -0.2) is 4.98 Å². The number of aliphatic hydroxyl groups excluding tert-OH is 1. The van der Waals surface area contributed by atoms with Crippen LogP contribution in [-0.4, -0.2) is 57.3 Å². The number of aromatic amines is 1. The number of nitrogens with zero attached hydrogens (tertiary/aromatic N) is 2. The first-order valence-electron chi connectivity index (χ1n) is 8.77. The van der Waals surface area contributed by atoms with Gasteiger partial charge < -0.3 is 19.7 Å². The summed E-state index contributed by atoms with van der Waals surface area (Å²) in [4.78, 5) is 22.6. The molecule has 2 aromatic rings. The normalized spacial score (nSPS) is 28.8. The van der Waals surface area contributed by atoms with Crippen molar-refractivity contribution in [3.8, 4) is 11.4 Å². The van der Waals surface area contributed by atoms with Gasteiger partial charge in [-0.1, -0.05) is 18.2 Å². The number of carbonyl (C=O) groups is 1. The number of benzene rings is 1. The van der Waals surface area contributed by atoms with E-state index in [1.54, 1.807) is 19.5 Å². The molecule has 0 unspecified atom stereocenters. The first kappa shape index (κ1) is 16.3. The fraction of sp³-hybridized carbons (Fsp3) is 0.474. The molecule has 6 heteroatoms. The van der Waals surface area contributed by atoms with Gasteiger partial charge in [-0.05, 0) is 31.7 Å². The van der Waals surface area contributed by atoms with Crippen molar-refractivity contribution < 1.29 is 14.6 Å². The van der Waals surface area contributed by atoms with Crippen molar-refractivity contribution >= 4 is 5.91 Å². The average Bonchev–Trinajstić information content (AvgIpc) is 3.29. The van der Waals surface area contributed by atoms with Gasteiger partial charge in [0.05, 0.1) is 23.3 Å². The van der Waals surface area contributed by atoms with E-state index in [2.05, 4.69) is 9.97 Å². The van der Waals surface area contributed by atoms with E-state index < -0.39 is 0 Å². The van der Waals surface area contributed by atoms with Crippen LogP contribution in [0.25, 0.3) is 11.4 Å². The topological polar surface area (TPSA) is 78.5 Å². The highest BCUT2D eigenvalue weighted by Gasteiger charge is 2.52. The Labute approximate surface area is 146 Å². The van der Waals surface area contributed by atoms with Crippen LogP contribution in [0, 0.1) is 0 Å². The zero-order chi connectivity index (χ0) is 17.4. The number of carbonyl (C=O) groups excluding carboxylic acids is 1. The zero-order valence-electron chi connectivity index (χ0n) is 14.3. The fourth-order valence-electron chi connectivity index (χ4n) is 4.36. The molecule has 25 heavy (non-hydrogen) atoms. The SMILES string of the molecule is CO[C@]12CC[C@H](O)C[C@H]1N(C(=O)c1ccccc1-c1ncc[nH]1)CC2. The molecule has 2 aliphatic rings. The van der Waals surface area contributed by atoms with Crippen LogP contribution in [0.2, 0.25) is 0 Å². The van der Waals surface area contributed by atoms with Crippen molar-refractivity contribution in [1.29, 1.82) is 0 Å². The number of likely N-dealkylation sites (tertiary alicyclic amines) is 1. The van der Waals surface area contributed by atoms with Crippen molar-refractivity contribution in [2.75, 3.05) is 13.7 Å². The number of fused-ring (bicyclic) bond motifs is 1. The summed E-state index contributed by atoms with van der Waals surface area (Å²) in [5, 5.41) is 10.1. The van der Waals surface area contributed by atoms with Crippen LogP contribution in [0.15, 0.2) is 36.7 Å². The van der Waals surface area contributed by atoms with Gasteiger partial charge in [0.1, 0.15) is 5.82 Å². The molecule has 0 radical (unpaired) electrons. The van der Waals surface area contributed by atoms with Gasteiger partial charge in [-0.3, -0.25) is 4.79 Å². The molecule has 2 N–H and O–H groups in total. The quantitative estimate of drug-likeness (QED) is 0.897. The minimum Gasteiger partial charge on any atom is -0.393 e. The maximum absolute atomic E-state index is 13.3. The third kappa shape index (κ3) is 2.65. The highest BCUT2D eigenvalue weighted by Crippen LogP contribution is 2.43. The Morgan fingerprint density at radius 1 is 1.40 bits per heavy atom. The van der Waals surface area contributed by atoms with Crippen LogP contribution in [0.3, 0.4) is 0 Å². The van der Waals surface area contributed by atoms with E-state index >= 15 is 0 Å². The van der Waals surface area contributed by atoms with Crippen LogP contribution in [0.5, 0.6) is 0 Å². The molecule has 132 valence electrons. The summed E-state index contributed by atoms with van der Waals surface area (Å²) in [6, 6.07) is 7.43. The van der Waals surface area contributed by atoms with Crippen molar-refractivity contribution in [2.24, 2.45) is 0 Å². The van der Waals surface area contributed by atoms with E-state index in [1.807, 2.05) is 29.2 Å². The Balaban J connectivity index is 1.68. The van der Waals surface area contributed by atoms with Gasteiger partial charge >= 0.3 is 0 Å². The molecule has 1 aromatic carbocycles. The Morgan fingerprint density at radius 2 is 2.24 bits per heavy atom. The Kier molecular flexibility index (Phi) is 4.09. The number of ether oxygens (including phenoxy) is 1. The average molecular weight is 341 g/mol. The molecule has 1 aromatic heterocycles. The molecule has 1 saturated heterocycles. The van der Waals surface area contributed by atoms with Gasteiger partial charge in [0.2, 0.25) is 0 Å². The number of hydrogen-bond acceptors (Lipinski definition) is 4. The molecule has 1 saturated carbocycles. The van der Waals surface area contributed by atoms with Crippen molar-refractivity contribution in [3.05, 3.63) is 42.2 Å². The summed E-state index contributed by atoms with van der Waals surface area (Å²) in [5.74, 6) is 0.662. The molecule has 6 nitrogen and oxygen atoms in total. The smallest absolute Gasteiger partial charge is 0.254 e. The Hall–Kier alpha value is -2.18. The van der Waals surface area contributed by atoms with E-state index in [4.69, 9.17) is 4.74 Å². The maximum Gasteiger partial charge on any atom is 0.254 e. The minimum absolute atomic E-state index is 0.0231. The maximum atomic E-state index is 13.3. The zero-order valence-corrected chi connectivity index (χ0v) is 14.3. The summed E-state index contributed by atoms with van der Waals surface area (Å²) in [6.45, 7) is 0.649. The lowest BCUT2D eigenvalue weighted by Crippen LogP contribution is -2.52. The van der Waals surface area contributed by atoms with E-state index in [9.17, 15) is 9.90 Å². The molecule has 1 aliphatic carbocycles. The largest absolute Gasteiger partial charge is 0.393 e. The van der Waals surface area contributed by atoms with Crippen molar-refractivity contribution in [2.45, 2.75) is 43.4 Å². The number of nitrogens with one attached hydrogen (secondary N) is 1. The molecule has 0 spiro atoms. The van der Waals surface area contributed by atoms with Crippen LogP contribution in [-0.2, 0) is 4.74 Å². The highest BCUT2D eigenvalue weighted by atomic mass is 16.5. The van der Waals surface area contributed by atoms with Crippen LogP contribution >= 0.6 is 0 Å². The molecule has 0 bridgehead atoms. The number of H-pyrrole nitrogens is 1. The molecule has 3 atom stereocenters. The van der Waals surface area contributed by atoms with Crippen LogP contribution in [0.4, 0.5) is 0 Å². The first-order valence-corrected chi connectivity index (χ1v) is 8.77. The number of rotatable bonds is 3. The second kappa shape index (κ2) is 6.28. The third-order valence-electron chi connectivity index (χ3n) is 5.73. The standard InChI is InChI=1S/C19H23N3O3/c1-25-19-7-6-13(23)12-16(19)22(11-8-19)18(24)15-5-3-2-4-14(15)17-20-9-10-21-17/h2-5,9-10,13,16,23H,6-8,11-12H2,1H3,(H,20,21)/t13-,16+,19-/m0/s1. The second-order valence-corrected chi connectivity index (χ2v) is 6.94. The third-order valence-corrected chi connectivity index (χ3v) is 5.73. The number of methoxy groups -OCH3 is 1. The number of aromatic nitrogens is 2. The monoisotopic (exact) mass is 341 g/mol. The van der Waals surface area contributed by atoms with E-state index in [-0.39, 0.29) is 23.7 Å². The lowest BCUT2D eigenvalue weighted by atomic mass is 9.79. The number of imidazole rings is 1. The Bertz CT molecular complexity index is 761. The number of aliphatic hydroxyl groups is 1. The van der Waals surface area contributed by atoms with Gasteiger partial charge in [0, 0.05) is 31.6 Å². The minimum atomic E-state index is -0.373. The van der Waals surface area contributed by atoms with E-state index in [1.165, 1.54) is 0 Å². The number of amides is 1. The summed E-state index contributed by atoms with van der Waals surface area (Å²) in [7, 11) is 1.72. The predicted octanol–water partition coefficient (Wildman–Crippen LogP) is 2.22. The number of hydrogen-bond donors (Lipinski definition) is 2. The molecular weight excluding hydrogens is 318 g/mol. The van der Waals surface area contributed by atoms with E-state index in [0.717, 1.165) is 24.8 Å².